The predicted molar refractivity (Wildman–Crippen MR) is 60.4 cm³/mol. The van der Waals surface area contributed by atoms with Crippen molar-refractivity contribution in [2.24, 2.45) is 0 Å². The Morgan fingerprint density at radius 1 is 1.43 bits per heavy atom. The molecule has 78 valence electrons. The SMILES string of the molecule is O=S(=O)(CBr)Nc1cc(F)ccc1Br. The summed E-state index contributed by atoms with van der Waals surface area (Å²) >= 11 is 5.92. The van der Waals surface area contributed by atoms with Crippen LogP contribution in [0.3, 0.4) is 0 Å². The lowest BCUT2D eigenvalue weighted by molar-refractivity contribution is 0.606. The smallest absolute Gasteiger partial charge is 0.242 e. The van der Waals surface area contributed by atoms with E-state index in [0.29, 0.717) is 4.47 Å². The summed E-state index contributed by atoms with van der Waals surface area (Å²) < 4.78 is 37.5. The fraction of sp³-hybridized carbons (Fsp3) is 0.143. The van der Waals surface area contributed by atoms with Gasteiger partial charge >= 0.3 is 0 Å². The summed E-state index contributed by atoms with van der Waals surface area (Å²) in [4.78, 5) is 0. The van der Waals surface area contributed by atoms with Gasteiger partial charge in [0.25, 0.3) is 0 Å². The van der Waals surface area contributed by atoms with Crippen LogP contribution >= 0.6 is 31.9 Å². The van der Waals surface area contributed by atoms with Gasteiger partial charge in [-0.25, -0.2) is 12.8 Å². The van der Waals surface area contributed by atoms with E-state index in [1.807, 2.05) is 0 Å². The topological polar surface area (TPSA) is 46.2 Å². The third kappa shape index (κ3) is 3.21. The molecule has 0 aromatic heterocycles. The highest BCUT2D eigenvalue weighted by atomic mass is 79.9. The Morgan fingerprint density at radius 2 is 2.07 bits per heavy atom. The zero-order valence-electron chi connectivity index (χ0n) is 6.80. The van der Waals surface area contributed by atoms with Gasteiger partial charge in [0.15, 0.2) is 0 Å². The number of nitrogens with one attached hydrogen (secondary N) is 1. The number of hydrogen-bond acceptors (Lipinski definition) is 2. The van der Waals surface area contributed by atoms with E-state index in [0.717, 1.165) is 6.07 Å². The molecule has 1 aromatic rings. The molecule has 0 aliphatic heterocycles. The Hall–Kier alpha value is -0.140. The Morgan fingerprint density at radius 3 is 2.64 bits per heavy atom. The van der Waals surface area contributed by atoms with E-state index in [1.54, 1.807) is 0 Å². The van der Waals surface area contributed by atoms with Crippen LogP contribution in [0, 0.1) is 5.82 Å². The van der Waals surface area contributed by atoms with Crippen LogP contribution in [0.5, 0.6) is 0 Å². The Labute approximate surface area is 98.0 Å². The molecule has 0 saturated carbocycles. The molecule has 1 rings (SSSR count). The normalized spacial score (nSPS) is 11.4. The van der Waals surface area contributed by atoms with Gasteiger partial charge < -0.3 is 0 Å². The number of benzene rings is 1. The second kappa shape index (κ2) is 4.59. The second-order valence-corrected chi connectivity index (χ2v) is 6.33. The molecule has 0 aliphatic carbocycles. The maximum absolute atomic E-state index is 12.8. The van der Waals surface area contributed by atoms with E-state index in [2.05, 4.69) is 36.6 Å². The third-order valence-electron chi connectivity index (χ3n) is 1.34. The van der Waals surface area contributed by atoms with Crippen molar-refractivity contribution in [3.8, 4) is 0 Å². The molecule has 0 bridgehead atoms. The molecule has 0 heterocycles. The molecule has 0 unspecified atom stereocenters. The summed E-state index contributed by atoms with van der Waals surface area (Å²) in [6, 6.07) is 3.77. The summed E-state index contributed by atoms with van der Waals surface area (Å²) in [5.41, 5.74) is 0.185. The fourth-order valence-electron chi connectivity index (χ4n) is 0.771. The molecule has 0 radical (unpaired) electrons. The first kappa shape index (κ1) is 11.9. The molecule has 0 atom stereocenters. The highest BCUT2D eigenvalue weighted by Gasteiger charge is 2.10. The van der Waals surface area contributed by atoms with Crippen LogP contribution in [0.25, 0.3) is 0 Å². The quantitative estimate of drug-likeness (QED) is 0.855. The van der Waals surface area contributed by atoms with Gasteiger partial charge in [-0.2, -0.15) is 0 Å². The van der Waals surface area contributed by atoms with Crippen molar-refractivity contribution in [2.45, 2.75) is 0 Å². The van der Waals surface area contributed by atoms with Crippen molar-refractivity contribution in [1.29, 1.82) is 0 Å². The van der Waals surface area contributed by atoms with Crippen LogP contribution in [0.2, 0.25) is 0 Å². The number of alkyl halides is 1. The average Bonchev–Trinajstić information content (AvgIpc) is 2.11. The molecule has 0 fully saturated rings. The summed E-state index contributed by atoms with van der Waals surface area (Å²) in [6.45, 7) is 0. The maximum Gasteiger partial charge on any atom is 0.242 e. The van der Waals surface area contributed by atoms with E-state index >= 15 is 0 Å². The standard InChI is InChI=1S/C7H6Br2FNO2S/c8-4-14(12,13)11-7-3-5(10)1-2-6(7)9/h1-3,11H,4H2. The zero-order chi connectivity index (χ0) is 10.8. The van der Waals surface area contributed by atoms with Gasteiger partial charge in [-0.05, 0) is 34.1 Å². The number of anilines is 1. The van der Waals surface area contributed by atoms with Gasteiger partial charge in [0.1, 0.15) is 10.5 Å². The Balaban J connectivity index is 3.03. The highest BCUT2D eigenvalue weighted by Crippen LogP contribution is 2.24. The van der Waals surface area contributed by atoms with E-state index in [4.69, 9.17) is 0 Å². The number of sulfonamides is 1. The zero-order valence-corrected chi connectivity index (χ0v) is 10.8. The van der Waals surface area contributed by atoms with Gasteiger partial charge in [0.2, 0.25) is 10.0 Å². The molecular formula is C7H6Br2FNO2S. The van der Waals surface area contributed by atoms with E-state index < -0.39 is 15.8 Å². The minimum absolute atomic E-state index is 0.185. The average molecular weight is 347 g/mol. The first-order valence-electron chi connectivity index (χ1n) is 3.46. The van der Waals surface area contributed by atoms with Crippen molar-refractivity contribution in [1.82, 2.24) is 0 Å². The molecule has 0 amide bonds. The maximum atomic E-state index is 12.8. The number of halogens is 3. The molecule has 0 aliphatic rings. The molecule has 7 heteroatoms. The largest absolute Gasteiger partial charge is 0.282 e. The molecule has 14 heavy (non-hydrogen) atoms. The lowest BCUT2D eigenvalue weighted by Crippen LogP contribution is -2.13. The monoisotopic (exact) mass is 345 g/mol. The van der Waals surface area contributed by atoms with Crippen molar-refractivity contribution in [3.05, 3.63) is 28.5 Å². The third-order valence-corrected chi connectivity index (χ3v) is 4.66. The van der Waals surface area contributed by atoms with Crippen LogP contribution in [0.4, 0.5) is 10.1 Å². The first-order chi connectivity index (χ1) is 6.44. The Kier molecular flexibility index (Phi) is 3.91. The van der Waals surface area contributed by atoms with Crippen molar-refractivity contribution < 1.29 is 12.8 Å². The summed E-state index contributed by atoms with van der Waals surface area (Å²) in [5, 5.41) is 0. The van der Waals surface area contributed by atoms with Crippen molar-refractivity contribution in [2.75, 3.05) is 9.38 Å². The molecule has 3 nitrogen and oxygen atoms in total. The van der Waals surface area contributed by atoms with Gasteiger partial charge in [-0.15, -0.1) is 0 Å². The molecular weight excluding hydrogens is 341 g/mol. The lowest BCUT2D eigenvalue weighted by atomic mass is 10.3. The van der Waals surface area contributed by atoms with Crippen molar-refractivity contribution >= 4 is 47.6 Å². The fourth-order valence-corrected chi connectivity index (χ4v) is 2.15. The van der Waals surface area contributed by atoms with E-state index in [1.165, 1.54) is 12.1 Å². The van der Waals surface area contributed by atoms with Crippen LogP contribution in [-0.2, 0) is 10.0 Å². The van der Waals surface area contributed by atoms with E-state index in [-0.39, 0.29) is 10.3 Å². The molecule has 0 spiro atoms. The summed E-state index contributed by atoms with van der Waals surface area (Å²) in [5.74, 6) is -0.500. The van der Waals surface area contributed by atoms with Crippen LogP contribution in [-0.4, -0.2) is 13.1 Å². The van der Waals surface area contributed by atoms with Crippen LogP contribution in [0.15, 0.2) is 22.7 Å². The lowest BCUT2D eigenvalue weighted by Gasteiger charge is -2.07. The van der Waals surface area contributed by atoms with Gasteiger partial charge in [0, 0.05) is 4.47 Å². The molecule has 0 saturated heterocycles. The van der Waals surface area contributed by atoms with Gasteiger partial charge in [0.05, 0.1) is 5.69 Å². The minimum atomic E-state index is -3.44. The molecule has 1 aromatic carbocycles. The minimum Gasteiger partial charge on any atom is -0.282 e. The number of hydrogen-bond donors (Lipinski definition) is 1. The first-order valence-corrected chi connectivity index (χ1v) is 7.03. The highest BCUT2D eigenvalue weighted by molar-refractivity contribution is 9.11. The van der Waals surface area contributed by atoms with Gasteiger partial charge in [-0.3, -0.25) is 4.72 Å². The van der Waals surface area contributed by atoms with Crippen LogP contribution in [0.1, 0.15) is 0 Å². The summed E-state index contributed by atoms with van der Waals surface area (Å²) in [7, 11) is -3.44. The molecule has 1 N–H and O–H groups in total. The van der Waals surface area contributed by atoms with Gasteiger partial charge in [-0.1, -0.05) is 15.9 Å². The predicted octanol–water partition coefficient (Wildman–Crippen LogP) is 2.68. The number of rotatable bonds is 3. The van der Waals surface area contributed by atoms with Crippen molar-refractivity contribution in [3.63, 3.8) is 0 Å². The summed E-state index contributed by atoms with van der Waals surface area (Å²) in [6.07, 6.45) is 0. The van der Waals surface area contributed by atoms with Crippen LogP contribution < -0.4 is 4.72 Å². The van der Waals surface area contributed by atoms with E-state index in [9.17, 15) is 12.8 Å². The second-order valence-electron chi connectivity index (χ2n) is 2.45. The Bertz CT molecular complexity index is 435.